The normalized spacial score (nSPS) is 19.5. The van der Waals surface area contributed by atoms with Crippen molar-refractivity contribution in [2.45, 2.75) is 11.7 Å². The average molecular weight is 262 g/mol. The molecule has 1 atom stereocenters. The van der Waals surface area contributed by atoms with E-state index in [4.69, 9.17) is 0 Å². The van der Waals surface area contributed by atoms with Gasteiger partial charge in [0.2, 0.25) is 0 Å². The summed E-state index contributed by atoms with van der Waals surface area (Å²) in [4.78, 5) is 22.9. The molecule has 5 nitrogen and oxygen atoms in total. The van der Waals surface area contributed by atoms with Crippen molar-refractivity contribution in [1.29, 1.82) is 0 Å². The van der Waals surface area contributed by atoms with Crippen molar-refractivity contribution in [1.82, 2.24) is 0 Å². The number of Topliss-reactive ketones (excluding diaryl/α,β-unsaturated/α-hetero) is 2. The van der Waals surface area contributed by atoms with Gasteiger partial charge in [0.25, 0.3) is 0 Å². The minimum absolute atomic E-state index is 0. The van der Waals surface area contributed by atoms with Crippen LogP contribution in [-0.2, 0) is 14.9 Å². The van der Waals surface area contributed by atoms with E-state index in [1.54, 1.807) is 6.07 Å². The molecule has 0 saturated heterocycles. The van der Waals surface area contributed by atoms with Gasteiger partial charge in [-0.25, -0.2) is 8.42 Å². The van der Waals surface area contributed by atoms with E-state index in [0.717, 1.165) is 0 Å². The zero-order valence-corrected chi connectivity index (χ0v) is 11.9. The molecular formula is C10H7NaO5S. The van der Waals surface area contributed by atoms with Crippen molar-refractivity contribution >= 4 is 21.7 Å². The number of ketones is 2. The van der Waals surface area contributed by atoms with Gasteiger partial charge in [-0.2, -0.15) is 0 Å². The Kier molecular flexibility index (Phi) is 4.27. The molecule has 7 heteroatoms. The molecule has 1 aliphatic carbocycles. The Balaban J connectivity index is 0.00000144. The second kappa shape index (κ2) is 4.99. The van der Waals surface area contributed by atoms with Crippen LogP contribution in [0.3, 0.4) is 0 Å². The summed E-state index contributed by atoms with van der Waals surface area (Å²) in [6, 6.07) is 5.79. The number of fused-ring (bicyclic) bond motifs is 1. The maximum absolute atomic E-state index is 11.5. The quantitative estimate of drug-likeness (QED) is 0.315. The molecule has 0 aromatic heterocycles. The van der Waals surface area contributed by atoms with Crippen molar-refractivity contribution in [3.8, 4) is 0 Å². The summed E-state index contributed by atoms with van der Waals surface area (Å²) in [5.74, 6) is -1.29. The molecule has 1 aromatic carbocycles. The molecule has 0 bridgehead atoms. The first-order chi connectivity index (χ1) is 7.41. The van der Waals surface area contributed by atoms with E-state index in [1.807, 2.05) is 0 Å². The fourth-order valence-electron chi connectivity index (χ4n) is 1.82. The summed E-state index contributed by atoms with van der Waals surface area (Å²) in [7, 11) is -4.76. The van der Waals surface area contributed by atoms with Crippen molar-refractivity contribution in [3.05, 3.63) is 35.4 Å². The molecule has 0 saturated carbocycles. The number of rotatable bonds is 1. The smallest absolute Gasteiger partial charge is 0.747 e. The standard InChI is InChI=1S/C10H8O5S.Na/c11-8-5-9(12)10(16(13,14)15)7-4-2-1-3-6(7)8;/h1-4,10H,5H2,(H,13,14,15);/q;+1/p-1. The van der Waals surface area contributed by atoms with Crippen molar-refractivity contribution in [2.24, 2.45) is 0 Å². The monoisotopic (exact) mass is 262 g/mol. The Morgan fingerprint density at radius 1 is 1.18 bits per heavy atom. The third-order valence-electron chi connectivity index (χ3n) is 2.46. The van der Waals surface area contributed by atoms with Crippen LogP contribution in [0.1, 0.15) is 27.6 Å². The first-order valence-electron chi connectivity index (χ1n) is 4.51. The molecule has 2 rings (SSSR count). The molecule has 0 amide bonds. The van der Waals surface area contributed by atoms with E-state index in [-0.39, 0.29) is 40.7 Å². The van der Waals surface area contributed by atoms with E-state index in [0.29, 0.717) is 0 Å². The Bertz CT molecular complexity index is 578. The third kappa shape index (κ3) is 2.66. The average Bonchev–Trinajstić information content (AvgIpc) is 2.15. The Hall–Kier alpha value is -0.530. The molecule has 0 N–H and O–H groups in total. The predicted octanol–water partition coefficient (Wildman–Crippen LogP) is -2.57. The number of carbonyl (C=O) groups excluding carboxylic acids is 2. The molecule has 1 aromatic rings. The molecule has 1 aliphatic rings. The Labute approximate surface area is 120 Å². The van der Waals surface area contributed by atoms with E-state index in [1.165, 1.54) is 18.2 Å². The van der Waals surface area contributed by atoms with Crippen molar-refractivity contribution < 1.29 is 52.1 Å². The minimum atomic E-state index is -4.76. The van der Waals surface area contributed by atoms with Gasteiger partial charge >= 0.3 is 29.6 Å². The van der Waals surface area contributed by atoms with Gasteiger partial charge in [-0.05, 0) is 5.56 Å². The summed E-state index contributed by atoms with van der Waals surface area (Å²) in [5, 5.41) is -1.73. The SMILES string of the molecule is O=C1CC(=O)C(S(=O)(=O)[O-])c2ccccc21.[Na+]. The Morgan fingerprint density at radius 3 is 2.35 bits per heavy atom. The summed E-state index contributed by atoms with van der Waals surface area (Å²) < 4.78 is 32.9. The molecule has 0 spiro atoms. The first kappa shape index (κ1) is 14.5. The zero-order valence-electron chi connectivity index (χ0n) is 9.04. The van der Waals surface area contributed by atoms with Gasteiger partial charge in [0.1, 0.15) is 15.4 Å². The van der Waals surface area contributed by atoms with E-state index in [9.17, 15) is 22.6 Å². The van der Waals surface area contributed by atoms with Crippen LogP contribution in [0.5, 0.6) is 0 Å². The van der Waals surface area contributed by atoms with Crippen LogP contribution >= 0.6 is 0 Å². The van der Waals surface area contributed by atoms with Crippen LogP contribution in [0.4, 0.5) is 0 Å². The number of carbonyl (C=O) groups is 2. The summed E-state index contributed by atoms with van der Waals surface area (Å²) >= 11 is 0. The molecule has 0 fully saturated rings. The Morgan fingerprint density at radius 2 is 1.76 bits per heavy atom. The molecular weight excluding hydrogens is 255 g/mol. The van der Waals surface area contributed by atoms with Gasteiger partial charge < -0.3 is 4.55 Å². The molecule has 0 radical (unpaired) electrons. The van der Waals surface area contributed by atoms with Crippen molar-refractivity contribution in [3.63, 3.8) is 0 Å². The van der Waals surface area contributed by atoms with Gasteiger partial charge in [-0.1, -0.05) is 24.3 Å². The minimum Gasteiger partial charge on any atom is -0.747 e. The van der Waals surface area contributed by atoms with Crippen molar-refractivity contribution in [2.75, 3.05) is 0 Å². The van der Waals surface area contributed by atoms with Crippen LogP contribution < -0.4 is 29.6 Å². The van der Waals surface area contributed by atoms with Gasteiger partial charge in [0.05, 0.1) is 6.42 Å². The number of benzene rings is 1. The van der Waals surface area contributed by atoms with Gasteiger partial charge in [0.15, 0.2) is 11.6 Å². The zero-order chi connectivity index (χ0) is 11.9. The van der Waals surface area contributed by atoms with E-state index < -0.39 is 33.4 Å². The number of hydrogen-bond donors (Lipinski definition) is 0. The van der Waals surface area contributed by atoms with E-state index in [2.05, 4.69) is 0 Å². The maximum atomic E-state index is 11.5. The summed E-state index contributed by atoms with van der Waals surface area (Å²) in [5.41, 5.74) is 0.144. The molecule has 1 unspecified atom stereocenters. The maximum Gasteiger partial charge on any atom is 1.00 e. The second-order valence-corrected chi connectivity index (χ2v) is 4.98. The third-order valence-corrected chi connectivity index (χ3v) is 3.55. The van der Waals surface area contributed by atoms with Crippen LogP contribution in [0.25, 0.3) is 0 Å². The fraction of sp³-hybridized carbons (Fsp3) is 0.200. The largest absolute Gasteiger partial charge is 1.00 e. The van der Waals surface area contributed by atoms with Crippen LogP contribution in [-0.4, -0.2) is 24.5 Å². The molecule has 0 heterocycles. The van der Waals surface area contributed by atoms with Crippen LogP contribution in [0.2, 0.25) is 0 Å². The molecule has 0 aliphatic heterocycles. The predicted molar refractivity (Wildman–Crippen MR) is 52.8 cm³/mol. The number of hydrogen-bond acceptors (Lipinski definition) is 5. The van der Waals surface area contributed by atoms with Crippen LogP contribution in [0, 0.1) is 0 Å². The van der Waals surface area contributed by atoms with Crippen LogP contribution in [0.15, 0.2) is 24.3 Å². The van der Waals surface area contributed by atoms with Gasteiger partial charge in [-0.3, -0.25) is 9.59 Å². The fourth-order valence-corrected chi connectivity index (χ4v) is 2.74. The van der Waals surface area contributed by atoms with E-state index >= 15 is 0 Å². The second-order valence-electron chi connectivity index (χ2n) is 3.53. The summed E-state index contributed by atoms with van der Waals surface area (Å²) in [6.07, 6.45) is -0.525. The van der Waals surface area contributed by atoms with Gasteiger partial charge in [0, 0.05) is 5.56 Å². The molecule has 84 valence electrons. The summed E-state index contributed by atoms with van der Waals surface area (Å²) in [6.45, 7) is 0. The van der Waals surface area contributed by atoms with Gasteiger partial charge in [-0.15, -0.1) is 0 Å². The molecule has 17 heavy (non-hydrogen) atoms. The first-order valence-corrected chi connectivity index (χ1v) is 5.98. The topological polar surface area (TPSA) is 91.3 Å².